The number of thiazole rings is 1. The highest BCUT2D eigenvalue weighted by Crippen LogP contribution is 2.08. The van der Waals surface area contributed by atoms with Crippen molar-refractivity contribution in [2.24, 2.45) is 4.99 Å². The van der Waals surface area contributed by atoms with Crippen molar-refractivity contribution in [2.45, 2.75) is 20.4 Å². The minimum absolute atomic E-state index is 0.255. The van der Waals surface area contributed by atoms with E-state index in [1.165, 1.54) is 17.4 Å². The van der Waals surface area contributed by atoms with E-state index in [1.807, 2.05) is 5.38 Å². The Morgan fingerprint density at radius 3 is 2.83 bits per heavy atom. The van der Waals surface area contributed by atoms with E-state index in [0.717, 1.165) is 0 Å². The molecular weight excluding hydrogens is 327 g/mol. The number of nitrogens with zero attached hydrogens (tertiary/aromatic N) is 4. The Labute approximate surface area is 142 Å². The van der Waals surface area contributed by atoms with Gasteiger partial charge in [0, 0.05) is 22.8 Å². The van der Waals surface area contributed by atoms with E-state index >= 15 is 0 Å². The Morgan fingerprint density at radius 1 is 1.29 bits per heavy atom. The Kier molecular flexibility index (Phi) is 4.61. The summed E-state index contributed by atoms with van der Waals surface area (Å²) in [5, 5.41) is 1.81. The van der Waals surface area contributed by atoms with E-state index in [0.29, 0.717) is 28.4 Å². The van der Waals surface area contributed by atoms with E-state index in [4.69, 9.17) is 0 Å². The highest BCUT2D eigenvalue weighted by Gasteiger charge is 2.09. The standard InChI is InChI=1S/C17H15FN4OS/c1-11-9-15(20-12(2)19-11)16(23)21-17-22(7-8-24-17)10-13-5-3-4-6-14(13)18/h3-9H,10H2,1-2H3. The molecule has 0 unspecified atom stereocenters. The van der Waals surface area contributed by atoms with Crippen LogP contribution in [0.3, 0.4) is 0 Å². The number of benzene rings is 1. The van der Waals surface area contributed by atoms with Gasteiger partial charge < -0.3 is 4.57 Å². The largest absolute Gasteiger partial charge is 0.319 e. The van der Waals surface area contributed by atoms with Crippen LogP contribution in [-0.4, -0.2) is 20.4 Å². The Morgan fingerprint density at radius 2 is 2.08 bits per heavy atom. The second-order valence-corrected chi connectivity index (χ2v) is 6.14. The zero-order chi connectivity index (χ0) is 17.1. The lowest BCUT2D eigenvalue weighted by molar-refractivity contribution is 0.0992. The number of aromatic nitrogens is 3. The van der Waals surface area contributed by atoms with Crippen molar-refractivity contribution in [3.8, 4) is 0 Å². The number of rotatable bonds is 3. The molecule has 2 aromatic heterocycles. The van der Waals surface area contributed by atoms with E-state index in [1.54, 1.807) is 48.9 Å². The van der Waals surface area contributed by atoms with Crippen LogP contribution in [0.1, 0.15) is 27.6 Å². The smallest absolute Gasteiger partial charge is 0.298 e. The predicted octanol–water partition coefficient (Wildman–Crippen LogP) is 2.88. The van der Waals surface area contributed by atoms with Gasteiger partial charge in [0.1, 0.15) is 17.3 Å². The molecule has 0 fully saturated rings. The van der Waals surface area contributed by atoms with Crippen LogP contribution in [0.5, 0.6) is 0 Å². The van der Waals surface area contributed by atoms with Gasteiger partial charge in [-0.05, 0) is 26.0 Å². The highest BCUT2D eigenvalue weighted by atomic mass is 32.1. The van der Waals surface area contributed by atoms with Crippen LogP contribution < -0.4 is 4.80 Å². The monoisotopic (exact) mass is 342 g/mol. The Hall–Kier alpha value is -2.67. The number of hydrogen-bond acceptors (Lipinski definition) is 4. The second-order valence-electron chi connectivity index (χ2n) is 5.26. The minimum atomic E-state index is -0.437. The fraction of sp³-hybridized carbons (Fsp3) is 0.176. The SMILES string of the molecule is Cc1cc(C(=O)N=c2sccn2Cc2ccccc2F)nc(C)n1. The van der Waals surface area contributed by atoms with Gasteiger partial charge in [0.25, 0.3) is 5.91 Å². The van der Waals surface area contributed by atoms with E-state index < -0.39 is 5.91 Å². The third-order valence-corrected chi connectivity index (χ3v) is 4.14. The summed E-state index contributed by atoms with van der Waals surface area (Å²) in [6.45, 7) is 3.84. The van der Waals surface area contributed by atoms with Gasteiger partial charge in [0.15, 0.2) is 4.80 Å². The van der Waals surface area contributed by atoms with Crippen molar-refractivity contribution < 1.29 is 9.18 Å². The van der Waals surface area contributed by atoms with E-state index in [9.17, 15) is 9.18 Å². The van der Waals surface area contributed by atoms with Gasteiger partial charge in [-0.2, -0.15) is 4.99 Å². The molecule has 0 saturated heterocycles. The minimum Gasteiger partial charge on any atom is -0.319 e. The summed E-state index contributed by atoms with van der Waals surface area (Å²) in [4.78, 5) is 25.2. The quantitative estimate of drug-likeness (QED) is 0.735. The normalized spacial score (nSPS) is 11.7. The first-order valence-electron chi connectivity index (χ1n) is 7.31. The average molecular weight is 342 g/mol. The van der Waals surface area contributed by atoms with Crippen LogP contribution in [-0.2, 0) is 6.54 Å². The summed E-state index contributed by atoms with van der Waals surface area (Å²) in [7, 11) is 0. The lowest BCUT2D eigenvalue weighted by atomic mass is 10.2. The predicted molar refractivity (Wildman–Crippen MR) is 89.2 cm³/mol. The van der Waals surface area contributed by atoms with Crippen molar-refractivity contribution in [1.29, 1.82) is 0 Å². The molecule has 0 saturated carbocycles. The number of halogens is 1. The van der Waals surface area contributed by atoms with Crippen molar-refractivity contribution >= 4 is 17.2 Å². The summed E-state index contributed by atoms with van der Waals surface area (Å²) >= 11 is 1.32. The van der Waals surface area contributed by atoms with Crippen molar-refractivity contribution in [1.82, 2.24) is 14.5 Å². The molecule has 1 amide bonds. The maximum atomic E-state index is 13.8. The van der Waals surface area contributed by atoms with E-state index in [2.05, 4.69) is 15.0 Å². The highest BCUT2D eigenvalue weighted by molar-refractivity contribution is 7.07. The molecule has 0 radical (unpaired) electrons. The van der Waals surface area contributed by atoms with Gasteiger partial charge in [-0.3, -0.25) is 4.79 Å². The first-order chi connectivity index (χ1) is 11.5. The molecule has 0 spiro atoms. The van der Waals surface area contributed by atoms with Gasteiger partial charge in [-0.25, -0.2) is 14.4 Å². The molecular formula is C17H15FN4OS. The van der Waals surface area contributed by atoms with Crippen molar-refractivity contribution in [2.75, 3.05) is 0 Å². The molecule has 3 rings (SSSR count). The van der Waals surface area contributed by atoms with Gasteiger partial charge in [-0.15, -0.1) is 11.3 Å². The molecule has 3 aromatic rings. The maximum absolute atomic E-state index is 13.8. The van der Waals surface area contributed by atoms with E-state index in [-0.39, 0.29) is 11.5 Å². The average Bonchev–Trinajstić information content (AvgIpc) is 2.95. The lowest BCUT2D eigenvalue weighted by Crippen LogP contribution is -2.18. The third-order valence-electron chi connectivity index (χ3n) is 3.34. The van der Waals surface area contributed by atoms with Crippen LogP contribution in [0.15, 0.2) is 46.9 Å². The number of hydrogen-bond donors (Lipinski definition) is 0. The van der Waals surface area contributed by atoms with Crippen LogP contribution in [0.4, 0.5) is 4.39 Å². The molecule has 5 nitrogen and oxygen atoms in total. The maximum Gasteiger partial charge on any atom is 0.298 e. The molecule has 0 N–H and O–H groups in total. The third kappa shape index (κ3) is 3.62. The summed E-state index contributed by atoms with van der Waals surface area (Å²) in [6.07, 6.45) is 1.78. The fourth-order valence-electron chi connectivity index (χ4n) is 2.29. The van der Waals surface area contributed by atoms with Crippen molar-refractivity contribution in [3.05, 3.63) is 75.3 Å². The van der Waals surface area contributed by atoms with Crippen LogP contribution >= 0.6 is 11.3 Å². The molecule has 0 atom stereocenters. The number of aryl methyl sites for hydroxylation is 2. The summed E-state index contributed by atoms with van der Waals surface area (Å²) in [6, 6.07) is 8.15. The second kappa shape index (κ2) is 6.84. The summed E-state index contributed by atoms with van der Waals surface area (Å²) in [5.41, 5.74) is 1.51. The summed E-state index contributed by atoms with van der Waals surface area (Å²) < 4.78 is 15.5. The van der Waals surface area contributed by atoms with Crippen LogP contribution in [0, 0.1) is 19.7 Å². The molecule has 2 heterocycles. The molecule has 0 aliphatic heterocycles. The number of carbonyl (C=O) groups is 1. The number of amides is 1. The first kappa shape index (κ1) is 16.2. The Balaban J connectivity index is 1.93. The van der Waals surface area contributed by atoms with Gasteiger partial charge >= 0.3 is 0 Å². The van der Waals surface area contributed by atoms with Gasteiger partial charge in [0.05, 0.1) is 6.54 Å². The Bertz CT molecular complexity index is 941. The zero-order valence-corrected chi connectivity index (χ0v) is 14.0. The zero-order valence-electron chi connectivity index (χ0n) is 13.2. The molecule has 0 aliphatic carbocycles. The molecule has 122 valence electrons. The molecule has 7 heteroatoms. The fourth-order valence-corrected chi connectivity index (χ4v) is 3.01. The molecule has 1 aromatic carbocycles. The molecule has 0 aliphatic rings. The van der Waals surface area contributed by atoms with Gasteiger partial charge in [0.2, 0.25) is 0 Å². The topological polar surface area (TPSA) is 60.1 Å². The van der Waals surface area contributed by atoms with Crippen LogP contribution in [0.2, 0.25) is 0 Å². The van der Waals surface area contributed by atoms with Gasteiger partial charge in [-0.1, -0.05) is 18.2 Å². The molecule has 0 bridgehead atoms. The first-order valence-corrected chi connectivity index (χ1v) is 8.19. The summed E-state index contributed by atoms with van der Waals surface area (Å²) in [5.74, 6) is -0.192. The van der Waals surface area contributed by atoms with Crippen LogP contribution in [0.25, 0.3) is 0 Å². The molecule has 24 heavy (non-hydrogen) atoms. The number of carbonyl (C=O) groups excluding carboxylic acids is 1. The van der Waals surface area contributed by atoms with Crippen molar-refractivity contribution in [3.63, 3.8) is 0 Å². The lowest BCUT2D eigenvalue weighted by Gasteiger charge is -2.04.